The van der Waals surface area contributed by atoms with E-state index in [0.717, 1.165) is 19.3 Å². The molecule has 26 heavy (non-hydrogen) atoms. The number of carbonyl (C=O) groups excluding carboxylic acids is 1. The average Bonchev–Trinajstić information content (AvgIpc) is 2.63. The number of rotatable bonds is 7. The van der Waals surface area contributed by atoms with Crippen LogP contribution >= 0.6 is 23.2 Å². The number of hydrogen-bond donors (Lipinski definition) is 2. The second kappa shape index (κ2) is 9.86. The van der Waals surface area contributed by atoms with Crippen molar-refractivity contribution in [3.63, 3.8) is 0 Å². The molecular weight excluding hydrogens is 369 g/mol. The Bertz CT molecular complexity index is 839. The normalized spacial score (nSPS) is 10.9. The molecule has 4 nitrogen and oxygen atoms in total. The number of benzene rings is 2. The molecular formula is C20H19Cl2N3O. The van der Waals surface area contributed by atoms with E-state index in [2.05, 4.69) is 17.6 Å². The number of aryl methyl sites for hydroxylation is 1. The Labute approximate surface area is 163 Å². The first-order valence-electron chi connectivity index (χ1n) is 8.25. The lowest BCUT2D eigenvalue weighted by Crippen LogP contribution is -2.14. The molecule has 2 aromatic carbocycles. The summed E-state index contributed by atoms with van der Waals surface area (Å²) in [6.07, 6.45) is 4.60. The van der Waals surface area contributed by atoms with E-state index >= 15 is 0 Å². The number of nitrogens with one attached hydrogen (secondary N) is 2. The van der Waals surface area contributed by atoms with Crippen molar-refractivity contribution < 1.29 is 4.79 Å². The van der Waals surface area contributed by atoms with Crippen LogP contribution in [0.4, 0.5) is 11.4 Å². The Morgan fingerprint density at radius 2 is 1.92 bits per heavy atom. The number of hydrogen-bond acceptors (Lipinski definition) is 3. The fourth-order valence-electron chi connectivity index (χ4n) is 2.24. The van der Waals surface area contributed by atoms with E-state index in [4.69, 9.17) is 23.2 Å². The smallest absolute Gasteiger partial charge is 0.267 e. The highest BCUT2D eigenvalue weighted by Gasteiger charge is 2.10. The third kappa shape index (κ3) is 5.80. The van der Waals surface area contributed by atoms with Gasteiger partial charge in [-0.3, -0.25) is 4.79 Å². The largest absolute Gasteiger partial charge is 0.359 e. The summed E-state index contributed by atoms with van der Waals surface area (Å²) in [5.41, 5.74) is 2.35. The molecule has 1 amide bonds. The van der Waals surface area contributed by atoms with Crippen molar-refractivity contribution in [2.75, 3.05) is 10.6 Å². The monoisotopic (exact) mass is 387 g/mol. The first-order valence-corrected chi connectivity index (χ1v) is 9.01. The minimum atomic E-state index is -0.494. The minimum Gasteiger partial charge on any atom is -0.359 e. The third-order valence-corrected chi connectivity index (χ3v) is 4.25. The molecule has 0 saturated carbocycles. The second-order valence-corrected chi connectivity index (χ2v) is 6.54. The summed E-state index contributed by atoms with van der Waals surface area (Å²) >= 11 is 11.9. The molecule has 0 saturated heterocycles. The van der Waals surface area contributed by atoms with Crippen molar-refractivity contribution in [3.05, 3.63) is 69.8 Å². The van der Waals surface area contributed by atoms with Gasteiger partial charge in [-0.15, -0.1) is 0 Å². The topological polar surface area (TPSA) is 64.9 Å². The number of carbonyl (C=O) groups is 1. The van der Waals surface area contributed by atoms with Gasteiger partial charge >= 0.3 is 0 Å². The van der Waals surface area contributed by atoms with Crippen molar-refractivity contribution >= 4 is 40.5 Å². The lowest BCUT2D eigenvalue weighted by molar-refractivity contribution is -0.112. The standard InChI is InChI=1S/C20H19Cl2N3O/c1-2-3-4-14-5-8-17(9-6-14)25-20(26)15(12-23)13-24-19-10-7-16(21)11-18(19)22/h5-11,13,24H,2-4H2,1H3,(H,25,26)/b15-13-. The zero-order valence-electron chi connectivity index (χ0n) is 14.4. The van der Waals surface area contributed by atoms with Gasteiger partial charge in [0.05, 0.1) is 10.7 Å². The Morgan fingerprint density at radius 3 is 2.54 bits per heavy atom. The molecule has 0 aromatic heterocycles. The molecule has 0 heterocycles. The molecule has 0 spiro atoms. The first-order chi connectivity index (χ1) is 12.5. The number of halogens is 2. The lowest BCUT2D eigenvalue weighted by atomic mass is 10.1. The molecule has 0 aliphatic rings. The lowest BCUT2D eigenvalue weighted by Gasteiger charge is -2.07. The Hall–Kier alpha value is -2.48. The van der Waals surface area contributed by atoms with Gasteiger partial charge < -0.3 is 10.6 Å². The van der Waals surface area contributed by atoms with Crippen LogP contribution in [0.3, 0.4) is 0 Å². The van der Waals surface area contributed by atoms with E-state index in [1.165, 1.54) is 11.8 Å². The molecule has 2 rings (SSSR count). The average molecular weight is 388 g/mol. The van der Waals surface area contributed by atoms with Crippen LogP contribution in [-0.4, -0.2) is 5.91 Å². The fourth-order valence-corrected chi connectivity index (χ4v) is 2.70. The van der Waals surface area contributed by atoms with E-state index < -0.39 is 5.91 Å². The summed E-state index contributed by atoms with van der Waals surface area (Å²) in [6.45, 7) is 2.15. The van der Waals surface area contributed by atoms with Gasteiger partial charge in [0.15, 0.2) is 0 Å². The molecule has 0 atom stereocenters. The first kappa shape index (κ1) is 19.8. The van der Waals surface area contributed by atoms with Gasteiger partial charge in [-0.05, 0) is 48.7 Å². The van der Waals surface area contributed by atoms with Gasteiger partial charge in [-0.2, -0.15) is 5.26 Å². The SMILES string of the molecule is CCCCc1ccc(NC(=O)/C(C#N)=C\Nc2ccc(Cl)cc2Cl)cc1. The maximum atomic E-state index is 12.3. The highest BCUT2D eigenvalue weighted by atomic mass is 35.5. The predicted octanol–water partition coefficient (Wildman–Crippen LogP) is 5.79. The molecule has 0 radical (unpaired) electrons. The molecule has 2 aromatic rings. The number of unbranched alkanes of at least 4 members (excludes halogenated alkanes) is 1. The zero-order valence-corrected chi connectivity index (χ0v) is 15.9. The van der Waals surface area contributed by atoms with Gasteiger partial charge in [0.1, 0.15) is 11.6 Å². The van der Waals surface area contributed by atoms with Crippen LogP contribution in [0.2, 0.25) is 10.0 Å². The Balaban J connectivity index is 2.02. The summed E-state index contributed by atoms with van der Waals surface area (Å²) in [7, 11) is 0. The maximum Gasteiger partial charge on any atom is 0.267 e. The van der Waals surface area contributed by atoms with Crippen LogP contribution in [0.15, 0.2) is 54.2 Å². The van der Waals surface area contributed by atoms with E-state index in [0.29, 0.717) is 21.4 Å². The molecule has 2 N–H and O–H groups in total. The van der Waals surface area contributed by atoms with Crippen molar-refractivity contribution in [3.8, 4) is 6.07 Å². The summed E-state index contributed by atoms with van der Waals surface area (Å²) in [5.74, 6) is -0.494. The Morgan fingerprint density at radius 1 is 1.19 bits per heavy atom. The molecule has 0 bridgehead atoms. The highest BCUT2D eigenvalue weighted by molar-refractivity contribution is 6.36. The van der Waals surface area contributed by atoms with E-state index in [1.807, 2.05) is 30.3 Å². The van der Waals surface area contributed by atoms with Crippen molar-refractivity contribution in [2.24, 2.45) is 0 Å². The van der Waals surface area contributed by atoms with Gasteiger partial charge in [-0.1, -0.05) is 48.7 Å². The van der Waals surface area contributed by atoms with Crippen LogP contribution in [0.25, 0.3) is 0 Å². The van der Waals surface area contributed by atoms with E-state index in [9.17, 15) is 10.1 Å². The van der Waals surface area contributed by atoms with Gasteiger partial charge in [0, 0.05) is 16.9 Å². The van der Waals surface area contributed by atoms with Gasteiger partial charge in [0.25, 0.3) is 5.91 Å². The molecule has 0 fully saturated rings. The fraction of sp³-hybridized carbons (Fsp3) is 0.200. The third-order valence-electron chi connectivity index (χ3n) is 3.70. The zero-order chi connectivity index (χ0) is 18.9. The number of amides is 1. The van der Waals surface area contributed by atoms with Gasteiger partial charge in [-0.25, -0.2) is 0 Å². The van der Waals surface area contributed by atoms with E-state index in [-0.39, 0.29) is 5.57 Å². The summed E-state index contributed by atoms with van der Waals surface area (Å²) in [6, 6.07) is 14.4. The predicted molar refractivity (Wildman–Crippen MR) is 107 cm³/mol. The van der Waals surface area contributed by atoms with Crippen LogP contribution in [0, 0.1) is 11.3 Å². The Kier molecular flexibility index (Phi) is 7.53. The minimum absolute atomic E-state index is 0.0638. The quantitative estimate of drug-likeness (QED) is 0.466. The number of nitriles is 1. The van der Waals surface area contributed by atoms with Crippen LogP contribution in [0.5, 0.6) is 0 Å². The molecule has 6 heteroatoms. The highest BCUT2D eigenvalue weighted by Crippen LogP contribution is 2.25. The molecule has 0 unspecified atom stereocenters. The van der Waals surface area contributed by atoms with Crippen molar-refractivity contribution in [2.45, 2.75) is 26.2 Å². The molecule has 0 aliphatic carbocycles. The summed E-state index contributed by atoms with van der Waals surface area (Å²) in [4.78, 5) is 12.3. The summed E-state index contributed by atoms with van der Waals surface area (Å²) in [5, 5.41) is 15.7. The number of anilines is 2. The second-order valence-electron chi connectivity index (χ2n) is 5.69. The van der Waals surface area contributed by atoms with Crippen molar-refractivity contribution in [1.82, 2.24) is 0 Å². The summed E-state index contributed by atoms with van der Waals surface area (Å²) < 4.78 is 0. The van der Waals surface area contributed by atoms with Crippen LogP contribution < -0.4 is 10.6 Å². The number of nitrogens with zero attached hydrogens (tertiary/aromatic N) is 1. The maximum absolute atomic E-state index is 12.3. The van der Waals surface area contributed by atoms with Gasteiger partial charge in [0.2, 0.25) is 0 Å². The molecule has 134 valence electrons. The van der Waals surface area contributed by atoms with Crippen molar-refractivity contribution in [1.29, 1.82) is 5.26 Å². The van der Waals surface area contributed by atoms with E-state index in [1.54, 1.807) is 18.2 Å². The van der Waals surface area contributed by atoms with Crippen LogP contribution in [0.1, 0.15) is 25.3 Å². The molecule has 0 aliphatic heterocycles. The van der Waals surface area contributed by atoms with Crippen LogP contribution in [-0.2, 0) is 11.2 Å².